The fourth-order valence-electron chi connectivity index (χ4n) is 2.37. The van der Waals surface area contributed by atoms with Gasteiger partial charge >= 0.3 is 0 Å². The van der Waals surface area contributed by atoms with E-state index in [1.807, 2.05) is 56.4 Å². The van der Waals surface area contributed by atoms with Gasteiger partial charge in [0, 0.05) is 24.4 Å². The average molecular weight is 267 g/mol. The molecule has 102 valence electrons. The van der Waals surface area contributed by atoms with Crippen LogP contribution in [0.25, 0.3) is 22.4 Å². The lowest BCUT2D eigenvalue weighted by Crippen LogP contribution is -1.93. The van der Waals surface area contributed by atoms with Gasteiger partial charge in [-0.2, -0.15) is 0 Å². The molecule has 0 fully saturated rings. The highest BCUT2D eigenvalue weighted by molar-refractivity contribution is 5.82. The van der Waals surface area contributed by atoms with Crippen LogP contribution in [0.2, 0.25) is 0 Å². The van der Waals surface area contributed by atoms with E-state index in [1.54, 1.807) is 0 Å². The Morgan fingerprint density at radius 2 is 2.05 bits per heavy atom. The van der Waals surface area contributed by atoms with Crippen molar-refractivity contribution in [2.75, 3.05) is 12.3 Å². The van der Waals surface area contributed by atoms with Gasteiger partial charge in [-0.15, -0.1) is 0 Å². The minimum atomic E-state index is 0.653. The molecule has 0 unspecified atom stereocenters. The van der Waals surface area contributed by atoms with Crippen LogP contribution in [-0.4, -0.2) is 16.2 Å². The van der Waals surface area contributed by atoms with Crippen LogP contribution in [0.3, 0.4) is 0 Å². The number of fused-ring (bicyclic) bond motifs is 1. The number of rotatable bonds is 3. The molecule has 0 spiro atoms. The molecule has 1 aromatic heterocycles. The third kappa shape index (κ3) is 2.09. The van der Waals surface area contributed by atoms with Gasteiger partial charge in [-0.3, -0.25) is 0 Å². The maximum absolute atomic E-state index is 5.85. The number of nitrogens with zero attached hydrogens (tertiary/aromatic N) is 2. The second-order valence-electron chi connectivity index (χ2n) is 4.70. The Hall–Kier alpha value is -2.49. The van der Waals surface area contributed by atoms with Gasteiger partial charge in [0.25, 0.3) is 0 Å². The Labute approximate surface area is 117 Å². The van der Waals surface area contributed by atoms with E-state index in [9.17, 15) is 0 Å². The highest BCUT2D eigenvalue weighted by Gasteiger charge is 2.10. The first kappa shape index (κ1) is 12.5. The normalized spacial score (nSPS) is 10.9. The predicted molar refractivity (Wildman–Crippen MR) is 81.7 cm³/mol. The predicted octanol–water partition coefficient (Wildman–Crippen LogP) is 3.22. The first-order valence-electron chi connectivity index (χ1n) is 6.64. The standard InChI is InChI=1S/C16H17N3O/c1-3-20-13-7-8-15-14(10-13)18-16(19(15)2)11-5-4-6-12(17)9-11/h4-10H,3,17H2,1-2H3. The van der Waals surface area contributed by atoms with Crippen molar-refractivity contribution in [3.63, 3.8) is 0 Å². The quantitative estimate of drug-likeness (QED) is 0.741. The molecule has 3 aromatic rings. The van der Waals surface area contributed by atoms with E-state index < -0.39 is 0 Å². The van der Waals surface area contributed by atoms with E-state index in [4.69, 9.17) is 15.5 Å². The Balaban J connectivity index is 2.15. The summed E-state index contributed by atoms with van der Waals surface area (Å²) in [5.74, 6) is 1.75. The Kier molecular flexibility index (Phi) is 3.06. The highest BCUT2D eigenvalue weighted by Crippen LogP contribution is 2.27. The molecule has 3 rings (SSSR count). The SMILES string of the molecule is CCOc1ccc2c(c1)nc(-c1cccc(N)c1)n2C. The third-order valence-corrected chi connectivity index (χ3v) is 3.31. The fourth-order valence-corrected chi connectivity index (χ4v) is 2.37. The molecule has 0 aliphatic carbocycles. The van der Waals surface area contributed by atoms with E-state index >= 15 is 0 Å². The summed E-state index contributed by atoms with van der Waals surface area (Å²) in [5.41, 5.74) is 9.60. The van der Waals surface area contributed by atoms with Crippen molar-refractivity contribution in [1.82, 2.24) is 9.55 Å². The van der Waals surface area contributed by atoms with Gasteiger partial charge in [-0.05, 0) is 31.2 Å². The summed E-state index contributed by atoms with van der Waals surface area (Å²) in [5, 5.41) is 0. The summed E-state index contributed by atoms with van der Waals surface area (Å²) in [6.45, 7) is 2.63. The van der Waals surface area contributed by atoms with Gasteiger partial charge in [0.1, 0.15) is 11.6 Å². The molecule has 2 N–H and O–H groups in total. The number of aryl methyl sites for hydroxylation is 1. The molecule has 20 heavy (non-hydrogen) atoms. The molecule has 0 aliphatic heterocycles. The maximum Gasteiger partial charge on any atom is 0.140 e. The number of imidazole rings is 1. The van der Waals surface area contributed by atoms with E-state index in [2.05, 4.69) is 4.57 Å². The second kappa shape index (κ2) is 4.89. The second-order valence-corrected chi connectivity index (χ2v) is 4.70. The van der Waals surface area contributed by atoms with Crippen molar-refractivity contribution in [1.29, 1.82) is 0 Å². The van der Waals surface area contributed by atoms with E-state index in [-0.39, 0.29) is 0 Å². The molecule has 4 nitrogen and oxygen atoms in total. The van der Waals surface area contributed by atoms with Gasteiger partial charge in [0.2, 0.25) is 0 Å². The average Bonchev–Trinajstić information content (AvgIpc) is 2.76. The molecular weight excluding hydrogens is 250 g/mol. The lowest BCUT2D eigenvalue weighted by molar-refractivity contribution is 0.340. The molecule has 0 radical (unpaired) electrons. The zero-order chi connectivity index (χ0) is 14.1. The van der Waals surface area contributed by atoms with Gasteiger partial charge in [0.15, 0.2) is 0 Å². The molecule has 2 aromatic carbocycles. The Morgan fingerprint density at radius 3 is 2.80 bits per heavy atom. The Morgan fingerprint density at radius 1 is 1.20 bits per heavy atom. The number of hydrogen-bond donors (Lipinski definition) is 1. The largest absolute Gasteiger partial charge is 0.494 e. The summed E-state index contributed by atoms with van der Waals surface area (Å²) >= 11 is 0. The van der Waals surface area contributed by atoms with Crippen molar-refractivity contribution in [2.45, 2.75) is 6.92 Å². The van der Waals surface area contributed by atoms with Crippen LogP contribution in [-0.2, 0) is 7.05 Å². The van der Waals surface area contributed by atoms with Gasteiger partial charge in [-0.1, -0.05) is 12.1 Å². The van der Waals surface area contributed by atoms with Crippen LogP contribution in [0.1, 0.15) is 6.92 Å². The van der Waals surface area contributed by atoms with Crippen LogP contribution in [0, 0.1) is 0 Å². The topological polar surface area (TPSA) is 53.1 Å². The number of aromatic nitrogens is 2. The molecule has 0 aliphatic rings. The molecule has 1 heterocycles. The molecule has 0 saturated heterocycles. The number of anilines is 1. The highest BCUT2D eigenvalue weighted by atomic mass is 16.5. The van der Waals surface area contributed by atoms with Crippen LogP contribution >= 0.6 is 0 Å². The molecule has 0 saturated carbocycles. The molecule has 4 heteroatoms. The molecule has 0 atom stereocenters. The van der Waals surface area contributed by atoms with Crippen molar-refractivity contribution < 1.29 is 4.74 Å². The third-order valence-electron chi connectivity index (χ3n) is 3.31. The lowest BCUT2D eigenvalue weighted by atomic mass is 10.2. The van der Waals surface area contributed by atoms with Gasteiger partial charge in [-0.25, -0.2) is 4.98 Å². The summed E-state index contributed by atoms with van der Waals surface area (Å²) < 4.78 is 7.59. The zero-order valence-corrected chi connectivity index (χ0v) is 11.6. The monoisotopic (exact) mass is 267 g/mol. The Bertz CT molecular complexity index is 762. The maximum atomic E-state index is 5.85. The van der Waals surface area contributed by atoms with Crippen molar-refractivity contribution >= 4 is 16.7 Å². The minimum absolute atomic E-state index is 0.653. The fraction of sp³-hybridized carbons (Fsp3) is 0.188. The number of ether oxygens (including phenoxy) is 1. The first-order valence-corrected chi connectivity index (χ1v) is 6.64. The van der Waals surface area contributed by atoms with Crippen molar-refractivity contribution in [3.8, 4) is 17.1 Å². The van der Waals surface area contributed by atoms with Crippen LogP contribution in [0.4, 0.5) is 5.69 Å². The lowest BCUT2D eigenvalue weighted by Gasteiger charge is -2.04. The summed E-state index contributed by atoms with van der Waals surface area (Å²) in [6, 6.07) is 13.7. The molecule has 0 bridgehead atoms. The van der Waals surface area contributed by atoms with Crippen molar-refractivity contribution in [2.24, 2.45) is 7.05 Å². The zero-order valence-electron chi connectivity index (χ0n) is 11.6. The van der Waals surface area contributed by atoms with Gasteiger partial charge < -0.3 is 15.0 Å². The summed E-state index contributed by atoms with van der Waals surface area (Å²) in [6.07, 6.45) is 0. The van der Waals surface area contributed by atoms with Crippen LogP contribution in [0.15, 0.2) is 42.5 Å². The number of nitrogens with two attached hydrogens (primary N) is 1. The molecular formula is C16H17N3O. The van der Waals surface area contributed by atoms with E-state index in [0.29, 0.717) is 6.61 Å². The van der Waals surface area contributed by atoms with E-state index in [1.165, 1.54) is 0 Å². The first-order chi connectivity index (χ1) is 9.69. The summed E-state index contributed by atoms with van der Waals surface area (Å²) in [7, 11) is 2.01. The minimum Gasteiger partial charge on any atom is -0.494 e. The van der Waals surface area contributed by atoms with Crippen LogP contribution in [0.5, 0.6) is 5.75 Å². The smallest absolute Gasteiger partial charge is 0.140 e. The summed E-state index contributed by atoms with van der Waals surface area (Å²) in [4.78, 5) is 4.69. The van der Waals surface area contributed by atoms with Crippen molar-refractivity contribution in [3.05, 3.63) is 42.5 Å². The number of benzene rings is 2. The number of nitrogen functional groups attached to an aromatic ring is 1. The van der Waals surface area contributed by atoms with Crippen LogP contribution < -0.4 is 10.5 Å². The van der Waals surface area contributed by atoms with E-state index in [0.717, 1.165) is 33.9 Å². The van der Waals surface area contributed by atoms with Gasteiger partial charge in [0.05, 0.1) is 17.6 Å². The molecule has 0 amide bonds. The number of hydrogen-bond acceptors (Lipinski definition) is 3.